The Bertz CT molecular complexity index is 1340. The van der Waals surface area contributed by atoms with E-state index in [1.807, 2.05) is 0 Å². The van der Waals surface area contributed by atoms with Crippen LogP contribution in [0.15, 0.2) is 157 Å². The summed E-state index contributed by atoms with van der Waals surface area (Å²) in [5.74, 6) is 2.57. The molecule has 0 heterocycles. The van der Waals surface area contributed by atoms with Gasteiger partial charge in [-0.25, -0.2) is 0 Å². The van der Waals surface area contributed by atoms with Crippen molar-refractivity contribution in [3.63, 3.8) is 0 Å². The smallest absolute Gasteiger partial charge is 0.0622 e. The van der Waals surface area contributed by atoms with Crippen LogP contribution in [0.25, 0.3) is 0 Å². The minimum atomic E-state index is -2.09. The maximum Gasteiger partial charge on any atom is 0.137 e. The van der Waals surface area contributed by atoms with Gasteiger partial charge in [0.05, 0.1) is 5.82 Å². The van der Waals surface area contributed by atoms with E-state index in [4.69, 9.17) is 0 Å². The van der Waals surface area contributed by atoms with Gasteiger partial charge in [-0.2, -0.15) is 0 Å². The van der Waals surface area contributed by atoms with Gasteiger partial charge < -0.3 is 0 Å². The van der Waals surface area contributed by atoms with E-state index < -0.39 is 15.2 Å². The van der Waals surface area contributed by atoms with Gasteiger partial charge in [-0.3, -0.25) is 0 Å². The Balaban J connectivity index is 1.88. The van der Waals surface area contributed by atoms with E-state index in [0.717, 1.165) is 0 Å². The first kappa shape index (κ1) is 24.4. The van der Waals surface area contributed by atoms with Crippen LogP contribution < -0.4 is 31.8 Å². The Kier molecular flexibility index (Phi) is 7.58. The van der Waals surface area contributed by atoms with Crippen molar-refractivity contribution < 1.29 is 0 Å². The summed E-state index contributed by atoms with van der Waals surface area (Å²) < 4.78 is 0. The van der Waals surface area contributed by atoms with Crippen LogP contribution in [0.5, 0.6) is 0 Å². The van der Waals surface area contributed by atoms with Crippen molar-refractivity contribution in [3.05, 3.63) is 157 Å². The summed E-state index contributed by atoms with van der Waals surface area (Å²) in [6, 6.07) is 53.6. The van der Waals surface area contributed by atoms with Crippen molar-refractivity contribution >= 4 is 47.0 Å². The molecule has 5 aromatic rings. The van der Waals surface area contributed by atoms with Gasteiger partial charge in [0, 0.05) is 5.30 Å². The van der Waals surface area contributed by atoms with Crippen LogP contribution in [0.1, 0.15) is 13.8 Å². The van der Waals surface area contributed by atoms with Crippen LogP contribution in [-0.4, -0.2) is 0 Å². The molecule has 0 aliphatic rings. The van der Waals surface area contributed by atoms with Crippen molar-refractivity contribution in [1.82, 2.24) is 0 Å². The molecular formula is C34H31P2+. The topological polar surface area (TPSA) is 0 Å². The SMILES string of the molecule is CC(C)=C[P+](c1ccccc1)(c1ccccc1)c1ccccc1P(c1ccccc1)c1ccccc1. The maximum absolute atomic E-state index is 2.57. The molecule has 5 rings (SSSR count). The standard InChI is InChI=1S/C34H31P2/c1-28(2)27-36(31-21-11-5-12-22-31,32-23-13-6-14-24-32)34-26-16-15-25-33(34)35(29-17-7-3-8-18-29)30-19-9-4-10-20-30/h3-27H,1-2H3/q+1. The van der Waals surface area contributed by atoms with E-state index in [9.17, 15) is 0 Å². The second-order valence-electron chi connectivity index (χ2n) is 9.10. The summed E-state index contributed by atoms with van der Waals surface area (Å²) in [5.41, 5.74) is 1.34. The quantitative estimate of drug-likeness (QED) is 0.219. The highest BCUT2D eigenvalue weighted by molar-refractivity contribution is 7.99. The maximum atomic E-state index is 2.57. The molecule has 0 fully saturated rings. The molecule has 0 saturated carbocycles. The molecule has 0 saturated heterocycles. The summed E-state index contributed by atoms with van der Waals surface area (Å²) in [5, 5.41) is 8.41. The van der Waals surface area contributed by atoms with E-state index in [1.54, 1.807) is 0 Å². The van der Waals surface area contributed by atoms with Gasteiger partial charge in [-0.15, -0.1) is 0 Å². The van der Waals surface area contributed by atoms with Crippen LogP contribution in [0.4, 0.5) is 0 Å². The van der Waals surface area contributed by atoms with Crippen LogP contribution in [0, 0.1) is 0 Å². The normalized spacial score (nSPS) is 11.3. The molecule has 0 nitrogen and oxygen atoms in total. The molecule has 176 valence electrons. The van der Waals surface area contributed by atoms with E-state index in [1.165, 1.54) is 37.4 Å². The van der Waals surface area contributed by atoms with Crippen molar-refractivity contribution in [3.8, 4) is 0 Å². The minimum absolute atomic E-state index is 0.738. The average Bonchev–Trinajstić information content (AvgIpc) is 2.94. The van der Waals surface area contributed by atoms with Gasteiger partial charge in [-0.05, 0) is 74.3 Å². The highest BCUT2D eigenvalue weighted by atomic mass is 31.2. The lowest BCUT2D eigenvalue weighted by Crippen LogP contribution is -2.39. The fraction of sp³-hybridized carbons (Fsp3) is 0.0588. The second-order valence-corrected chi connectivity index (χ2v) is 14.5. The predicted octanol–water partition coefficient (Wildman–Crippen LogP) is 6.66. The summed E-state index contributed by atoms with van der Waals surface area (Å²) in [6.45, 7) is 4.47. The number of benzene rings is 5. The van der Waals surface area contributed by atoms with E-state index in [0.29, 0.717) is 0 Å². The lowest BCUT2D eigenvalue weighted by molar-refractivity contribution is 1.41. The van der Waals surface area contributed by atoms with Crippen molar-refractivity contribution in [1.29, 1.82) is 0 Å². The zero-order chi connectivity index (χ0) is 24.8. The number of allylic oxidation sites excluding steroid dienone is 1. The molecule has 0 N–H and O–H groups in total. The van der Waals surface area contributed by atoms with Gasteiger partial charge in [0.15, 0.2) is 0 Å². The molecule has 0 aliphatic heterocycles. The molecule has 0 spiro atoms. The Hall–Kier alpha value is -3.30. The average molecular weight is 502 g/mol. The van der Waals surface area contributed by atoms with Gasteiger partial charge in [0.25, 0.3) is 0 Å². The highest BCUT2D eigenvalue weighted by Crippen LogP contribution is 2.58. The second kappa shape index (κ2) is 11.2. The third-order valence-electron chi connectivity index (χ3n) is 6.31. The first-order valence-electron chi connectivity index (χ1n) is 12.4. The predicted molar refractivity (Wildman–Crippen MR) is 163 cm³/mol. The highest BCUT2D eigenvalue weighted by Gasteiger charge is 2.46. The van der Waals surface area contributed by atoms with Crippen LogP contribution in [0.3, 0.4) is 0 Å². The van der Waals surface area contributed by atoms with Crippen molar-refractivity contribution in [2.75, 3.05) is 0 Å². The monoisotopic (exact) mass is 501 g/mol. The van der Waals surface area contributed by atoms with E-state index in [-0.39, 0.29) is 0 Å². The third-order valence-corrected chi connectivity index (χ3v) is 13.3. The van der Waals surface area contributed by atoms with Gasteiger partial charge >= 0.3 is 0 Å². The Morgan fingerprint density at radius 1 is 0.500 bits per heavy atom. The Morgan fingerprint density at radius 2 is 0.889 bits per heavy atom. The summed E-state index contributed by atoms with van der Waals surface area (Å²) in [4.78, 5) is 0. The van der Waals surface area contributed by atoms with Gasteiger partial charge in [-0.1, -0.05) is 109 Å². The zero-order valence-electron chi connectivity index (χ0n) is 20.8. The van der Waals surface area contributed by atoms with Crippen LogP contribution >= 0.6 is 15.2 Å². The van der Waals surface area contributed by atoms with Crippen molar-refractivity contribution in [2.45, 2.75) is 13.8 Å². The minimum Gasteiger partial charge on any atom is -0.0622 e. The molecular weight excluding hydrogens is 470 g/mol. The van der Waals surface area contributed by atoms with Gasteiger partial charge in [0.2, 0.25) is 0 Å². The first-order valence-corrected chi connectivity index (χ1v) is 15.6. The first-order chi connectivity index (χ1) is 17.7. The largest absolute Gasteiger partial charge is 0.137 e. The lowest BCUT2D eigenvalue weighted by Gasteiger charge is -2.29. The molecule has 5 aromatic carbocycles. The molecule has 36 heavy (non-hydrogen) atoms. The van der Waals surface area contributed by atoms with Crippen LogP contribution in [0.2, 0.25) is 0 Å². The molecule has 0 atom stereocenters. The van der Waals surface area contributed by atoms with Crippen molar-refractivity contribution in [2.24, 2.45) is 0 Å². The van der Waals surface area contributed by atoms with E-state index >= 15 is 0 Å². The molecule has 0 bridgehead atoms. The van der Waals surface area contributed by atoms with Crippen LogP contribution in [-0.2, 0) is 0 Å². The molecule has 0 amide bonds. The molecule has 2 heteroatoms. The van der Waals surface area contributed by atoms with Gasteiger partial charge in [0.1, 0.15) is 23.2 Å². The summed E-state index contributed by atoms with van der Waals surface area (Å²) in [7, 11) is -2.83. The number of hydrogen-bond acceptors (Lipinski definition) is 0. The van der Waals surface area contributed by atoms with E-state index in [2.05, 4.69) is 165 Å². The number of rotatable bonds is 7. The summed E-state index contributed by atoms with van der Waals surface area (Å²) >= 11 is 0. The number of hydrogen-bond donors (Lipinski definition) is 0. The molecule has 0 radical (unpaired) electrons. The molecule has 0 aromatic heterocycles. The zero-order valence-corrected chi connectivity index (χ0v) is 22.6. The lowest BCUT2D eigenvalue weighted by atomic mass is 10.3. The third kappa shape index (κ3) is 4.85. The Morgan fingerprint density at radius 3 is 1.33 bits per heavy atom. The Labute approximate surface area is 217 Å². The summed E-state index contributed by atoms with van der Waals surface area (Å²) in [6.07, 6.45) is 0. The molecule has 0 unspecified atom stereocenters. The molecule has 0 aliphatic carbocycles. The fourth-order valence-electron chi connectivity index (χ4n) is 4.89. The fourth-order valence-corrected chi connectivity index (χ4v) is 12.1.